The summed E-state index contributed by atoms with van der Waals surface area (Å²) in [6, 6.07) is 14.0. The minimum absolute atomic E-state index is 0.0817. The van der Waals surface area contributed by atoms with Crippen LogP contribution in [-0.2, 0) is 9.59 Å². The topological polar surface area (TPSA) is 67.9 Å². The average Bonchev–Trinajstić information content (AvgIpc) is 3.34. The molecular weight excluding hydrogens is 407 g/mol. The second-order valence-corrected chi connectivity index (χ2v) is 7.29. The maximum Gasteiger partial charge on any atom is 0.282 e. The fraction of sp³-hybridized carbons (Fsp3) is 0.0909. The third-order valence-corrected chi connectivity index (χ3v) is 5.47. The van der Waals surface area contributed by atoms with Crippen LogP contribution in [0.15, 0.2) is 65.7 Å². The predicted octanol–water partition coefficient (Wildman–Crippen LogP) is 4.30. The van der Waals surface area contributed by atoms with Crippen LogP contribution in [0.25, 0.3) is 5.57 Å². The molecule has 3 aromatic rings. The summed E-state index contributed by atoms with van der Waals surface area (Å²) < 4.78 is 24.4. The summed E-state index contributed by atoms with van der Waals surface area (Å²) in [7, 11) is 3.03. The van der Waals surface area contributed by atoms with Crippen molar-refractivity contribution < 1.29 is 23.5 Å². The smallest absolute Gasteiger partial charge is 0.282 e. The van der Waals surface area contributed by atoms with Crippen molar-refractivity contribution in [2.45, 2.75) is 0 Å². The highest BCUT2D eigenvalue weighted by Crippen LogP contribution is 2.38. The van der Waals surface area contributed by atoms with Gasteiger partial charge in [0.05, 0.1) is 31.2 Å². The Morgan fingerprint density at radius 2 is 1.80 bits per heavy atom. The predicted molar refractivity (Wildman–Crippen MR) is 113 cm³/mol. The van der Waals surface area contributed by atoms with Gasteiger partial charge in [0.1, 0.15) is 23.0 Å². The molecule has 1 aliphatic rings. The lowest BCUT2D eigenvalue weighted by Gasteiger charge is -2.16. The lowest BCUT2D eigenvalue weighted by Crippen LogP contribution is -2.32. The van der Waals surface area contributed by atoms with Crippen molar-refractivity contribution in [2.75, 3.05) is 24.4 Å². The molecule has 0 fully saturated rings. The number of carbonyl (C=O) groups excluding carboxylic acids is 2. The SMILES string of the molecule is COc1ccc(OC)c(NC2=C(c3cccs3)C(=O)N(c3cccc(F)c3)C2=O)c1. The van der Waals surface area contributed by atoms with E-state index in [1.165, 1.54) is 43.8 Å². The Labute approximate surface area is 176 Å². The van der Waals surface area contributed by atoms with E-state index in [1.54, 1.807) is 30.3 Å². The van der Waals surface area contributed by atoms with E-state index >= 15 is 0 Å². The molecule has 30 heavy (non-hydrogen) atoms. The highest BCUT2D eigenvalue weighted by atomic mass is 32.1. The molecule has 1 N–H and O–H groups in total. The molecule has 0 radical (unpaired) electrons. The van der Waals surface area contributed by atoms with Gasteiger partial charge in [0.25, 0.3) is 11.8 Å². The number of amides is 2. The molecule has 1 aromatic heterocycles. The van der Waals surface area contributed by atoms with Crippen LogP contribution in [0.4, 0.5) is 15.8 Å². The first-order valence-corrected chi connectivity index (χ1v) is 9.83. The Kier molecular flexibility index (Phi) is 5.24. The number of imide groups is 1. The van der Waals surface area contributed by atoms with Gasteiger partial charge in [0.15, 0.2) is 0 Å². The van der Waals surface area contributed by atoms with Crippen molar-refractivity contribution in [3.05, 3.63) is 76.4 Å². The normalized spacial score (nSPS) is 13.8. The quantitative estimate of drug-likeness (QED) is 0.598. The molecular formula is C22H17FN2O4S. The van der Waals surface area contributed by atoms with E-state index in [0.29, 0.717) is 22.1 Å². The maximum absolute atomic E-state index is 13.8. The van der Waals surface area contributed by atoms with E-state index in [9.17, 15) is 14.0 Å². The summed E-state index contributed by atoms with van der Waals surface area (Å²) in [5.41, 5.74) is 0.916. The number of hydrogen-bond donors (Lipinski definition) is 1. The molecule has 2 aromatic carbocycles. The van der Waals surface area contributed by atoms with Crippen LogP contribution < -0.4 is 19.7 Å². The number of anilines is 2. The number of benzene rings is 2. The number of thiophene rings is 1. The number of ether oxygens (including phenoxy) is 2. The molecule has 152 valence electrons. The molecule has 0 spiro atoms. The van der Waals surface area contributed by atoms with E-state index in [2.05, 4.69) is 5.32 Å². The minimum Gasteiger partial charge on any atom is -0.497 e. The van der Waals surface area contributed by atoms with Gasteiger partial charge in [-0.1, -0.05) is 12.1 Å². The van der Waals surface area contributed by atoms with Crippen LogP contribution in [-0.4, -0.2) is 26.0 Å². The van der Waals surface area contributed by atoms with Gasteiger partial charge in [-0.05, 0) is 41.8 Å². The Hall–Kier alpha value is -3.65. The Morgan fingerprint density at radius 1 is 0.967 bits per heavy atom. The van der Waals surface area contributed by atoms with E-state index in [1.807, 2.05) is 5.38 Å². The average molecular weight is 424 g/mol. The van der Waals surface area contributed by atoms with Crippen molar-refractivity contribution in [3.63, 3.8) is 0 Å². The molecule has 6 nitrogen and oxygen atoms in total. The molecule has 4 rings (SSSR count). The van der Waals surface area contributed by atoms with Gasteiger partial charge in [0, 0.05) is 10.9 Å². The third kappa shape index (κ3) is 3.42. The van der Waals surface area contributed by atoms with Gasteiger partial charge in [0.2, 0.25) is 0 Å². The largest absolute Gasteiger partial charge is 0.497 e. The second kappa shape index (κ2) is 8.00. The summed E-state index contributed by atoms with van der Waals surface area (Å²) in [5, 5.41) is 4.86. The third-order valence-electron chi connectivity index (χ3n) is 4.58. The zero-order chi connectivity index (χ0) is 21.3. The van der Waals surface area contributed by atoms with Crippen molar-refractivity contribution in [3.8, 4) is 11.5 Å². The number of nitrogens with one attached hydrogen (secondary N) is 1. The fourth-order valence-electron chi connectivity index (χ4n) is 3.19. The first-order chi connectivity index (χ1) is 14.5. The summed E-state index contributed by atoms with van der Waals surface area (Å²) in [5.74, 6) is -0.633. The highest BCUT2D eigenvalue weighted by Gasteiger charge is 2.41. The van der Waals surface area contributed by atoms with Gasteiger partial charge < -0.3 is 14.8 Å². The van der Waals surface area contributed by atoms with Gasteiger partial charge in [-0.15, -0.1) is 11.3 Å². The standard InChI is InChI=1S/C22H17FN2O4S/c1-28-15-8-9-17(29-2)16(12-15)24-20-19(18-7-4-10-30-18)21(26)25(22(20)27)14-6-3-5-13(23)11-14/h3-12,24H,1-2H3. The van der Waals surface area contributed by atoms with E-state index < -0.39 is 17.6 Å². The number of rotatable bonds is 6. The van der Waals surface area contributed by atoms with Crippen LogP contribution in [0, 0.1) is 5.82 Å². The Balaban J connectivity index is 1.83. The van der Waals surface area contributed by atoms with Crippen LogP contribution in [0.5, 0.6) is 11.5 Å². The van der Waals surface area contributed by atoms with Crippen molar-refractivity contribution in [1.82, 2.24) is 0 Å². The van der Waals surface area contributed by atoms with Crippen LogP contribution in [0.1, 0.15) is 4.88 Å². The van der Waals surface area contributed by atoms with Gasteiger partial charge >= 0.3 is 0 Å². The van der Waals surface area contributed by atoms with Gasteiger partial charge in [-0.25, -0.2) is 9.29 Å². The number of halogens is 1. The molecule has 2 heterocycles. The maximum atomic E-state index is 13.8. The summed E-state index contributed by atoms with van der Waals surface area (Å²) in [6.45, 7) is 0. The van der Waals surface area contributed by atoms with Crippen molar-refractivity contribution in [1.29, 1.82) is 0 Å². The molecule has 8 heteroatoms. The molecule has 0 saturated carbocycles. The molecule has 0 atom stereocenters. The summed E-state index contributed by atoms with van der Waals surface area (Å²) >= 11 is 1.33. The Bertz CT molecular complexity index is 1160. The molecule has 0 aliphatic carbocycles. The molecule has 0 unspecified atom stereocenters. The fourth-order valence-corrected chi connectivity index (χ4v) is 3.96. The molecule has 1 aliphatic heterocycles. The van der Waals surface area contributed by atoms with Gasteiger partial charge in [-0.3, -0.25) is 9.59 Å². The first kappa shape index (κ1) is 19.7. The molecule has 0 bridgehead atoms. The monoisotopic (exact) mass is 424 g/mol. The number of methoxy groups -OCH3 is 2. The lowest BCUT2D eigenvalue weighted by molar-refractivity contribution is -0.120. The van der Waals surface area contributed by atoms with Crippen LogP contribution in [0.2, 0.25) is 0 Å². The lowest BCUT2D eigenvalue weighted by atomic mass is 10.1. The second-order valence-electron chi connectivity index (χ2n) is 6.34. The number of hydrogen-bond acceptors (Lipinski definition) is 6. The van der Waals surface area contributed by atoms with E-state index in [4.69, 9.17) is 9.47 Å². The van der Waals surface area contributed by atoms with E-state index in [0.717, 1.165) is 11.0 Å². The van der Waals surface area contributed by atoms with Gasteiger partial charge in [-0.2, -0.15) is 0 Å². The zero-order valence-electron chi connectivity index (χ0n) is 16.1. The Morgan fingerprint density at radius 3 is 2.47 bits per heavy atom. The highest BCUT2D eigenvalue weighted by molar-refractivity contribution is 7.11. The molecule has 2 amide bonds. The summed E-state index contributed by atoms with van der Waals surface area (Å²) in [4.78, 5) is 28.1. The first-order valence-electron chi connectivity index (χ1n) is 8.95. The zero-order valence-corrected chi connectivity index (χ0v) is 17.0. The van der Waals surface area contributed by atoms with Crippen molar-refractivity contribution >= 4 is 40.1 Å². The number of nitrogens with zero attached hydrogens (tertiary/aromatic N) is 1. The minimum atomic E-state index is -0.584. The molecule has 0 saturated heterocycles. The number of carbonyl (C=O) groups is 2. The van der Waals surface area contributed by atoms with E-state index in [-0.39, 0.29) is 17.0 Å². The van der Waals surface area contributed by atoms with Crippen LogP contribution in [0.3, 0.4) is 0 Å². The van der Waals surface area contributed by atoms with Crippen molar-refractivity contribution in [2.24, 2.45) is 0 Å². The summed E-state index contributed by atoms with van der Waals surface area (Å²) in [6.07, 6.45) is 0. The van der Waals surface area contributed by atoms with Crippen LogP contribution >= 0.6 is 11.3 Å².